The van der Waals surface area contributed by atoms with Gasteiger partial charge in [0.15, 0.2) is 0 Å². The minimum Gasteiger partial charge on any atom is -0.381 e. The van der Waals surface area contributed by atoms with Gasteiger partial charge in [-0.3, -0.25) is 0 Å². The maximum Gasteiger partial charge on any atom is 0.0476 e. The first kappa shape index (κ1) is 12.7. The fourth-order valence-electron chi connectivity index (χ4n) is 2.83. The summed E-state index contributed by atoms with van der Waals surface area (Å²) in [5.74, 6) is 0. The van der Waals surface area contributed by atoms with Crippen LogP contribution in [-0.2, 0) is 4.74 Å². The molecular weight excluding hydrogens is 218 g/mol. The Morgan fingerprint density at radius 2 is 1.75 bits per heavy atom. The average molecular weight is 243 g/mol. The molecule has 1 saturated heterocycles. The van der Waals surface area contributed by atoms with Gasteiger partial charge >= 0.3 is 0 Å². The molecule has 2 aliphatic rings. The van der Waals surface area contributed by atoms with Gasteiger partial charge in [0.05, 0.1) is 0 Å². The normalized spacial score (nSPS) is 33.6. The summed E-state index contributed by atoms with van der Waals surface area (Å²) in [6.07, 6.45) is 9.58. The highest BCUT2D eigenvalue weighted by atomic mass is 32.2. The van der Waals surface area contributed by atoms with Gasteiger partial charge < -0.3 is 10.1 Å². The molecule has 3 heteroatoms. The number of hydrogen-bond acceptors (Lipinski definition) is 3. The van der Waals surface area contributed by atoms with Crippen molar-refractivity contribution in [2.45, 2.75) is 61.5 Å². The van der Waals surface area contributed by atoms with Crippen molar-refractivity contribution in [1.29, 1.82) is 0 Å². The third-order valence-electron chi connectivity index (χ3n) is 3.86. The Morgan fingerprint density at radius 1 is 1.00 bits per heavy atom. The third kappa shape index (κ3) is 3.64. The molecule has 2 unspecified atom stereocenters. The SMILES string of the molecule is CNC1CCCCCC1SC1CCOCC1. The van der Waals surface area contributed by atoms with Gasteiger partial charge in [0.1, 0.15) is 0 Å². The van der Waals surface area contributed by atoms with E-state index < -0.39 is 0 Å². The Morgan fingerprint density at radius 3 is 2.50 bits per heavy atom. The number of thioether (sulfide) groups is 1. The fourth-order valence-corrected chi connectivity index (χ4v) is 4.55. The van der Waals surface area contributed by atoms with Crippen LogP contribution in [0.25, 0.3) is 0 Å². The molecule has 2 atom stereocenters. The van der Waals surface area contributed by atoms with Gasteiger partial charge in [0.2, 0.25) is 0 Å². The van der Waals surface area contributed by atoms with E-state index in [2.05, 4.69) is 24.1 Å². The van der Waals surface area contributed by atoms with Crippen molar-refractivity contribution in [3.8, 4) is 0 Å². The number of nitrogens with one attached hydrogen (secondary N) is 1. The molecule has 1 aliphatic heterocycles. The van der Waals surface area contributed by atoms with Crippen LogP contribution in [0.1, 0.15) is 44.9 Å². The number of hydrogen-bond donors (Lipinski definition) is 1. The molecule has 0 spiro atoms. The lowest BCUT2D eigenvalue weighted by Gasteiger charge is -2.30. The first-order valence-electron chi connectivity index (χ1n) is 6.80. The quantitative estimate of drug-likeness (QED) is 0.770. The molecule has 1 saturated carbocycles. The second-order valence-corrected chi connectivity index (χ2v) is 6.56. The first-order chi connectivity index (χ1) is 7.90. The molecule has 1 N–H and O–H groups in total. The highest BCUT2D eigenvalue weighted by molar-refractivity contribution is 8.00. The molecule has 0 aromatic rings. The minimum absolute atomic E-state index is 0.746. The first-order valence-corrected chi connectivity index (χ1v) is 7.75. The molecule has 1 aliphatic carbocycles. The Labute approximate surface area is 104 Å². The zero-order chi connectivity index (χ0) is 11.2. The zero-order valence-corrected chi connectivity index (χ0v) is 11.2. The van der Waals surface area contributed by atoms with Crippen molar-refractivity contribution < 1.29 is 4.74 Å². The van der Waals surface area contributed by atoms with Crippen molar-refractivity contribution in [3.63, 3.8) is 0 Å². The van der Waals surface area contributed by atoms with Crippen LogP contribution in [0.2, 0.25) is 0 Å². The van der Waals surface area contributed by atoms with Gasteiger partial charge in [0, 0.05) is 29.8 Å². The largest absolute Gasteiger partial charge is 0.381 e. The maximum absolute atomic E-state index is 5.44. The van der Waals surface area contributed by atoms with E-state index in [1.54, 1.807) is 0 Å². The van der Waals surface area contributed by atoms with Crippen LogP contribution in [-0.4, -0.2) is 36.8 Å². The van der Waals surface area contributed by atoms with E-state index in [0.717, 1.165) is 29.8 Å². The van der Waals surface area contributed by atoms with Gasteiger partial charge in [-0.1, -0.05) is 19.3 Å². The van der Waals surface area contributed by atoms with Gasteiger partial charge in [0.25, 0.3) is 0 Å². The van der Waals surface area contributed by atoms with Crippen LogP contribution >= 0.6 is 11.8 Å². The summed E-state index contributed by atoms with van der Waals surface area (Å²) in [4.78, 5) is 0. The predicted molar refractivity (Wildman–Crippen MR) is 71.2 cm³/mol. The lowest BCUT2D eigenvalue weighted by atomic mass is 10.1. The summed E-state index contributed by atoms with van der Waals surface area (Å²) in [5, 5.41) is 5.23. The average Bonchev–Trinajstić information content (AvgIpc) is 2.55. The van der Waals surface area contributed by atoms with Crippen molar-refractivity contribution in [2.75, 3.05) is 20.3 Å². The van der Waals surface area contributed by atoms with E-state index in [4.69, 9.17) is 4.74 Å². The van der Waals surface area contributed by atoms with Crippen molar-refractivity contribution in [1.82, 2.24) is 5.32 Å². The maximum atomic E-state index is 5.44. The van der Waals surface area contributed by atoms with Crippen LogP contribution in [0.5, 0.6) is 0 Å². The molecule has 0 amide bonds. The number of ether oxygens (including phenoxy) is 1. The van der Waals surface area contributed by atoms with Crippen LogP contribution in [0.15, 0.2) is 0 Å². The standard InChI is InChI=1S/C13H25NOS/c1-14-12-5-3-2-4-6-13(12)16-11-7-9-15-10-8-11/h11-14H,2-10H2,1H3. The Kier molecular flexibility index (Phi) is 5.46. The fraction of sp³-hybridized carbons (Fsp3) is 1.00. The van der Waals surface area contributed by atoms with Crippen LogP contribution in [0, 0.1) is 0 Å². The summed E-state index contributed by atoms with van der Waals surface area (Å²) in [6, 6.07) is 0.746. The van der Waals surface area contributed by atoms with Crippen LogP contribution in [0.3, 0.4) is 0 Å². The molecule has 0 aromatic carbocycles. The molecule has 1 heterocycles. The van der Waals surface area contributed by atoms with E-state index in [1.807, 2.05) is 0 Å². The smallest absolute Gasteiger partial charge is 0.0476 e. The van der Waals surface area contributed by atoms with E-state index in [1.165, 1.54) is 44.9 Å². The predicted octanol–water partition coefficient (Wildman–Crippen LogP) is 2.82. The molecule has 0 aromatic heterocycles. The second-order valence-electron chi connectivity index (χ2n) is 5.02. The Bertz CT molecular complexity index is 194. The summed E-state index contributed by atoms with van der Waals surface area (Å²) in [7, 11) is 2.13. The van der Waals surface area contributed by atoms with Crippen molar-refractivity contribution in [3.05, 3.63) is 0 Å². The van der Waals surface area contributed by atoms with Crippen molar-refractivity contribution in [2.24, 2.45) is 0 Å². The lowest BCUT2D eigenvalue weighted by molar-refractivity contribution is 0.0999. The highest BCUT2D eigenvalue weighted by Crippen LogP contribution is 2.34. The minimum atomic E-state index is 0.746. The summed E-state index contributed by atoms with van der Waals surface area (Å²) < 4.78 is 5.44. The van der Waals surface area contributed by atoms with Crippen molar-refractivity contribution >= 4 is 11.8 Å². The molecule has 16 heavy (non-hydrogen) atoms. The lowest BCUT2D eigenvalue weighted by Crippen LogP contribution is -2.36. The highest BCUT2D eigenvalue weighted by Gasteiger charge is 2.26. The molecule has 2 fully saturated rings. The molecule has 0 radical (unpaired) electrons. The Balaban J connectivity index is 1.83. The topological polar surface area (TPSA) is 21.3 Å². The van der Waals surface area contributed by atoms with E-state index >= 15 is 0 Å². The summed E-state index contributed by atoms with van der Waals surface area (Å²) >= 11 is 2.24. The Hall–Kier alpha value is 0.270. The van der Waals surface area contributed by atoms with Gasteiger partial charge in [-0.15, -0.1) is 0 Å². The van der Waals surface area contributed by atoms with Crippen LogP contribution < -0.4 is 5.32 Å². The second kappa shape index (κ2) is 6.87. The van der Waals surface area contributed by atoms with E-state index in [-0.39, 0.29) is 0 Å². The van der Waals surface area contributed by atoms with Gasteiger partial charge in [-0.2, -0.15) is 11.8 Å². The third-order valence-corrected chi connectivity index (χ3v) is 5.63. The monoisotopic (exact) mass is 243 g/mol. The number of rotatable bonds is 3. The molecule has 94 valence electrons. The van der Waals surface area contributed by atoms with E-state index in [9.17, 15) is 0 Å². The summed E-state index contributed by atoms with van der Waals surface area (Å²) in [6.45, 7) is 1.96. The molecule has 2 nitrogen and oxygen atoms in total. The molecule has 0 bridgehead atoms. The summed E-state index contributed by atoms with van der Waals surface area (Å²) in [5.41, 5.74) is 0. The van der Waals surface area contributed by atoms with E-state index in [0.29, 0.717) is 0 Å². The molecule has 2 rings (SSSR count). The molecular formula is C13H25NOS. The van der Waals surface area contributed by atoms with Gasteiger partial charge in [-0.25, -0.2) is 0 Å². The van der Waals surface area contributed by atoms with Gasteiger partial charge in [-0.05, 0) is 32.7 Å². The van der Waals surface area contributed by atoms with Crippen LogP contribution in [0.4, 0.5) is 0 Å². The zero-order valence-electron chi connectivity index (χ0n) is 10.4.